The van der Waals surface area contributed by atoms with Gasteiger partial charge in [0.25, 0.3) is 0 Å². The van der Waals surface area contributed by atoms with Gasteiger partial charge in [-0.1, -0.05) is 0 Å². The Morgan fingerprint density at radius 1 is 1.29 bits per heavy atom. The highest BCUT2D eigenvalue weighted by Gasteiger charge is 2.25. The summed E-state index contributed by atoms with van der Waals surface area (Å²) in [6.07, 6.45) is 3.24. The highest BCUT2D eigenvalue weighted by Crippen LogP contribution is 2.20. The molecule has 0 radical (unpaired) electrons. The summed E-state index contributed by atoms with van der Waals surface area (Å²) in [6, 6.07) is 4.75. The van der Waals surface area contributed by atoms with Crippen LogP contribution < -0.4 is 10.5 Å². The monoisotopic (exact) mass is 370 g/mol. The fourth-order valence-corrected chi connectivity index (χ4v) is 4.76. The molecule has 1 saturated heterocycles. The summed E-state index contributed by atoms with van der Waals surface area (Å²) in [6.45, 7) is 2.38. The lowest BCUT2D eigenvalue weighted by Gasteiger charge is -2.31. The Labute approximate surface area is 144 Å². The molecule has 0 atom stereocenters. The molecule has 0 aliphatic carbocycles. The summed E-state index contributed by atoms with van der Waals surface area (Å²) < 4.78 is 40.3. The number of sulfonamides is 1. The van der Waals surface area contributed by atoms with Crippen molar-refractivity contribution in [1.29, 1.82) is 0 Å². The van der Waals surface area contributed by atoms with Crippen molar-refractivity contribution in [3.63, 3.8) is 0 Å². The number of nitrogens with one attached hydrogen (secondary N) is 1. The zero-order valence-corrected chi connectivity index (χ0v) is 14.6. The first-order valence-electron chi connectivity index (χ1n) is 7.63. The average molecular weight is 370 g/mol. The molecule has 1 aromatic carbocycles. The number of nitrogen functional groups attached to an aromatic ring is 1. The Bertz CT molecular complexity index is 784. The molecule has 0 bridgehead atoms. The maximum Gasteiger partial charge on any atom is 0.240 e. The SMILES string of the molecule is Nc1ncc(CN2CCC(NS(=O)(=O)c3ccc(F)cc3)CC2)s1. The van der Waals surface area contributed by atoms with Crippen LogP contribution >= 0.6 is 11.3 Å². The van der Waals surface area contributed by atoms with Crippen LogP contribution in [0.5, 0.6) is 0 Å². The zero-order chi connectivity index (χ0) is 17.2. The molecular weight excluding hydrogens is 351 g/mol. The molecule has 0 amide bonds. The van der Waals surface area contributed by atoms with Gasteiger partial charge in [-0.3, -0.25) is 4.90 Å². The van der Waals surface area contributed by atoms with E-state index in [9.17, 15) is 12.8 Å². The number of thiazole rings is 1. The molecule has 24 heavy (non-hydrogen) atoms. The fraction of sp³-hybridized carbons (Fsp3) is 0.400. The number of likely N-dealkylation sites (tertiary alicyclic amines) is 1. The van der Waals surface area contributed by atoms with Crippen molar-refractivity contribution in [3.8, 4) is 0 Å². The van der Waals surface area contributed by atoms with E-state index in [1.807, 2.05) is 0 Å². The van der Waals surface area contributed by atoms with Gasteiger partial charge in [0.15, 0.2) is 5.13 Å². The van der Waals surface area contributed by atoms with E-state index in [1.54, 1.807) is 6.20 Å². The topological polar surface area (TPSA) is 88.3 Å². The Balaban J connectivity index is 1.54. The highest BCUT2D eigenvalue weighted by atomic mass is 32.2. The first-order chi connectivity index (χ1) is 11.4. The van der Waals surface area contributed by atoms with Crippen LogP contribution in [0.3, 0.4) is 0 Å². The number of rotatable bonds is 5. The van der Waals surface area contributed by atoms with E-state index >= 15 is 0 Å². The van der Waals surface area contributed by atoms with E-state index in [-0.39, 0.29) is 10.9 Å². The quantitative estimate of drug-likeness (QED) is 0.838. The average Bonchev–Trinajstić information content (AvgIpc) is 2.94. The lowest BCUT2D eigenvalue weighted by atomic mass is 10.1. The number of hydrogen-bond donors (Lipinski definition) is 2. The van der Waals surface area contributed by atoms with E-state index in [1.165, 1.54) is 23.5 Å². The van der Waals surface area contributed by atoms with Crippen LogP contribution in [-0.2, 0) is 16.6 Å². The van der Waals surface area contributed by atoms with Gasteiger partial charge in [0.2, 0.25) is 10.0 Å². The molecule has 9 heteroatoms. The zero-order valence-electron chi connectivity index (χ0n) is 13.0. The second-order valence-corrected chi connectivity index (χ2v) is 8.65. The first kappa shape index (κ1) is 17.3. The molecule has 2 heterocycles. The van der Waals surface area contributed by atoms with Gasteiger partial charge in [0.05, 0.1) is 4.90 Å². The van der Waals surface area contributed by atoms with Crippen molar-refractivity contribution in [2.24, 2.45) is 0 Å². The van der Waals surface area contributed by atoms with Crippen molar-refractivity contribution >= 4 is 26.5 Å². The molecule has 1 aromatic heterocycles. The summed E-state index contributed by atoms with van der Waals surface area (Å²) in [7, 11) is -3.61. The van der Waals surface area contributed by atoms with Crippen LogP contribution in [0.2, 0.25) is 0 Å². The summed E-state index contributed by atoms with van der Waals surface area (Å²) in [4.78, 5) is 7.49. The summed E-state index contributed by atoms with van der Waals surface area (Å²) >= 11 is 1.47. The standard InChI is InChI=1S/C15H19FN4O2S2/c16-11-1-3-14(4-2-11)24(21,22)19-12-5-7-20(8-6-12)10-13-9-18-15(17)23-13/h1-4,9,12,19H,5-8,10H2,(H2,17,18). The van der Waals surface area contributed by atoms with Crippen molar-refractivity contribution in [3.05, 3.63) is 41.2 Å². The summed E-state index contributed by atoms with van der Waals surface area (Å²) in [5.74, 6) is -0.453. The Morgan fingerprint density at radius 2 is 1.96 bits per heavy atom. The molecule has 0 unspecified atom stereocenters. The number of aromatic nitrogens is 1. The maximum atomic E-state index is 12.9. The second kappa shape index (κ2) is 7.14. The molecule has 130 valence electrons. The van der Waals surface area contributed by atoms with Crippen molar-refractivity contribution in [1.82, 2.24) is 14.6 Å². The van der Waals surface area contributed by atoms with Gasteiger partial charge in [0.1, 0.15) is 5.82 Å². The molecule has 6 nitrogen and oxygen atoms in total. The number of piperidine rings is 1. The number of benzene rings is 1. The first-order valence-corrected chi connectivity index (χ1v) is 9.93. The third kappa shape index (κ3) is 4.29. The number of nitrogens with two attached hydrogens (primary N) is 1. The molecule has 3 rings (SSSR count). The molecule has 1 aliphatic rings. The van der Waals surface area contributed by atoms with Gasteiger partial charge < -0.3 is 5.73 Å². The van der Waals surface area contributed by atoms with Crippen LogP contribution in [0.25, 0.3) is 0 Å². The molecule has 0 spiro atoms. The molecule has 2 aromatic rings. The van der Waals surface area contributed by atoms with Crippen LogP contribution in [0.1, 0.15) is 17.7 Å². The number of anilines is 1. The minimum atomic E-state index is -3.61. The van der Waals surface area contributed by atoms with Crippen LogP contribution in [0.15, 0.2) is 35.4 Å². The van der Waals surface area contributed by atoms with Crippen molar-refractivity contribution in [2.45, 2.75) is 30.3 Å². The molecule has 0 saturated carbocycles. The minimum Gasteiger partial charge on any atom is -0.375 e. The predicted octanol–water partition coefficient (Wildman–Crippen LogP) is 1.81. The maximum absolute atomic E-state index is 12.9. The van der Waals surface area contributed by atoms with Gasteiger partial charge >= 0.3 is 0 Å². The Morgan fingerprint density at radius 3 is 2.54 bits per heavy atom. The number of hydrogen-bond acceptors (Lipinski definition) is 6. The fourth-order valence-electron chi connectivity index (χ4n) is 2.73. The predicted molar refractivity (Wildman–Crippen MR) is 91.5 cm³/mol. The van der Waals surface area contributed by atoms with Gasteiger partial charge in [-0.05, 0) is 37.1 Å². The van der Waals surface area contributed by atoms with Crippen LogP contribution in [0, 0.1) is 5.82 Å². The number of nitrogens with zero attached hydrogens (tertiary/aromatic N) is 2. The lowest BCUT2D eigenvalue weighted by molar-refractivity contribution is 0.201. The summed E-state index contributed by atoms with van der Waals surface area (Å²) in [5.41, 5.74) is 5.63. The highest BCUT2D eigenvalue weighted by molar-refractivity contribution is 7.89. The molecule has 1 aliphatic heterocycles. The third-order valence-corrected chi connectivity index (χ3v) is 6.33. The van der Waals surface area contributed by atoms with Crippen molar-refractivity contribution < 1.29 is 12.8 Å². The second-order valence-electron chi connectivity index (χ2n) is 5.79. The van der Waals surface area contributed by atoms with E-state index in [0.717, 1.165) is 49.5 Å². The van der Waals surface area contributed by atoms with E-state index in [4.69, 9.17) is 5.73 Å². The Kier molecular flexibility index (Phi) is 5.14. The van der Waals surface area contributed by atoms with Crippen LogP contribution in [-0.4, -0.2) is 37.4 Å². The van der Waals surface area contributed by atoms with Crippen molar-refractivity contribution in [2.75, 3.05) is 18.8 Å². The molecule has 1 fully saturated rings. The van der Waals surface area contributed by atoms with E-state index in [0.29, 0.717) is 5.13 Å². The Hall–Kier alpha value is -1.55. The number of halogens is 1. The summed E-state index contributed by atoms with van der Waals surface area (Å²) in [5, 5.41) is 0.562. The minimum absolute atomic E-state index is 0.0893. The largest absolute Gasteiger partial charge is 0.375 e. The van der Waals surface area contributed by atoms with E-state index < -0.39 is 15.8 Å². The third-order valence-electron chi connectivity index (χ3n) is 3.98. The van der Waals surface area contributed by atoms with Gasteiger partial charge in [-0.2, -0.15) is 0 Å². The lowest BCUT2D eigenvalue weighted by Crippen LogP contribution is -2.44. The smallest absolute Gasteiger partial charge is 0.240 e. The molecular formula is C15H19FN4O2S2. The van der Waals surface area contributed by atoms with E-state index in [2.05, 4.69) is 14.6 Å². The molecule has 3 N–H and O–H groups in total. The van der Waals surface area contributed by atoms with Gasteiger partial charge in [-0.25, -0.2) is 22.5 Å². The normalized spacial score (nSPS) is 17.2. The van der Waals surface area contributed by atoms with Gasteiger partial charge in [-0.15, -0.1) is 11.3 Å². The van der Waals surface area contributed by atoms with Crippen LogP contribution in [0.4, 0.5) is 9.52 Å². The van der Waals surface area contributed by atoms with Gasteiger partial charge in [0, 0.05) is 36.8 Å².